The molecule has 0 spiro atoms. The largest absolute Gasteiger partial charge is 0.312 e. The normalized spacial score (nSPS) is 16.2. The summed E-state index contributed by atoms with van der Waals surface area (Å²) in [6.07, 6.45) is 4.43. The Kier molecular flexibility index (Phi) is 2.69. The third kappa shape index (κ3) is 1.76. The summed E-state index contributed by atoms with van der Waals surface area (Å²) in [4.78, 5) is 0. The Morgan fingerprint density at radius 2 is 2.29 bits per heavy atom. The molecule has 0 aliphatic carbocycles. The first-order valence-corrected chi connectivity index (χ1v) is 6.26. The molecule has 0 saturated carbocycles. The van der Waals surface area contributed by atoms with Gasteiger partial charge < -0.3 is 5.32 Å². The van der Waals surface area contributed by atoms with E-state index in [1.54, 1.807) is 0 Å². The Labute approximate surface area is 101 Å². The van der Waals surface area contributed by atoms with E-state index in [-0.39, 0.29) is 0 Å². The molecule has 2 heterocycles. The highest BCUT2D eigenvalue weighted by Gasteiger charge is 2.13. The summed E-state index contributed by atoms with van der Waals surface area (Å²) < 4.78 is 0. The second kappa shape index (κ2) is 4.34. The average Bonchev–Trinajstić information content (AvgIpc) is 2.83. The van der Waals surface area contributed by atoms with Gasteiger partial charge in [-0.2, -0.15) is 5.10 Å². The molecular weight excluding hydrogens is 210 g/mol. The van der Waals surface area contributed by atoms with Gasteiger partial charge in [-0.05, 0) is 30.5 Å². The monoisotopic (exact) mass is 227 g/mol. The molecule has 88 valence electrons. The predicted molar refractivity (Wildman–Crippen MR) is 70.9 cm³/mol. The third-order valence-electron chi connectivity index (χ3n) is 3.40. The highest BCUT2D eigenvalue weighted by atomic mass is 15.1. The van der Waals surface area contributed by atoms with Crippen LogP contribution in [0.15, 0.2) is 24.3 Å². The lowest BCUT2D eigenvalue weighted by atomic mass is 10.0. The van der Waals surface area contributed by atoms with Crippen LogP contribution in [0.5, 0.6) is 0 Å². The molecule has 0 saturated heterocycles. The fraction of sp³-hybridized carbons (Fsp3) is 0.357. The summed E-state index contributed by atoms with van der Waals surface area (Å²) in [5, 5.41) is 12.3. The molecule has 1 aromatic heterocycles. The van der Waals surface area contributed by atoms with Crippen molar-refractivity contribution >= 4 is 16.5 Å². The summed E-state index contributed by atoms with van der Waals surface area (Å²) in [6, 6.07) is 6.43. The van der Waals surface area contributed by atoms with Crippen molar-refractivity contribution in [3.8, 4) is 0 Å². The molecule has 1 aliphatic heterocycles. The maximum Gasteiger partial charge on any atom is 0.0959 e. The standard InChI is InChI=1S/C14H17N3/c1-2-10-5-3-7-12-13(10)16-17-14(12)11-6-4-8-15-9-11/h3,5-7,15H,2,4,8-9H2,1H3,(H,16,17). The zero-order valence-electron chi connectivity index (χ0n) is 10.1. The van der Waals surface area contributed by atoms with Crippen LogP contribution in [0, 0.1) is 0 Å². The van der Waals surface area contributed by atoms with Gasteiger partial charge in [-0.15, -0.1) is 0 Å². The number of para-hydroxylation sites is 1. The van der Waals surface area contributed by atoms with E-state index in [0.29, 0.717) is 0 Å². The van der Waals surface area contributed by atoms with Crippen molar-refractivity contribution in [3.05, 3.63) is 35.5 Å². The SMILES string of the molecule is CCc1cccc2c(C3=CCCNC3)[nH]nc12. The van der Waals surface area contributed by atoms with E-state index in [2.05, 4.69) is 46.7 Å². The van der Waals surface area contributed by atoms with Crippen LogP contribution in [0.2, 0.25) is 0 Å². The van der Waals surface area contributed by atoms with Crippen molar-refractivity contribution in [3.63, 3.8) is 0 Å². The molecule has 0 bridgehead atoms. The van der Waals surface area contributed by atoms with Crippen molar-refractivity contribution in [2.75, 3.05) is 13.1 Å². The molecule has 0 fully saturated rings. The number of nitrogens with one attached hydrogen (secondary N) is 2. The highest BCUT2D eigenvalue weighted by molar-refractivity contribution is 5.92. The number of aromatic amines is 1. The molecule has 0 amide bonds. The smallest absolute Gasteiger partial charge is 0.0959 e. The number of rotatable bonds is 2. The van der Waals surface area contributed by atoms with Crippen molar-refractivity contribution in [1.82, 2.24) is 15.5 Å². The second-order valence-corrected chi connectivity index (χ2v) is 4.46. The van der Waals surface area contributed by atoms with Crippen LogP contribution in [0.25, 0.3) is 16.5 Å². The van der Waals surface area contributed by atoms with Gasteiger partial charge in [0.2, 0.25) is 0 Å². The van der Waals surface area contributed by atoms with Gasteiger partial charge in [0.1, 0.15) is 0 Å². The minimum Gasteiger partial charge on any atom is -0.312 e. The van der Waals surface area contributed by atoms with E-state index in [9.17, 15) is 0 Å². The van der Waals surface area contributed by atoms with Crippen molar-refractivity contribution in [2.45, 2.75) is 19.8 Å². The van der Waals surface area contributed by atoms with Gasteiger partial charge in [-0.1, -0.05) is 31.2 Å². The molecule has 17 heavy (non-hydrogen) atoms. The molecule has 1 aromatic carbocycles. The molecule has 2 aromatic rings. The summed E-state index contributed by atoms with van der Waals surface area (Å²) >= 11 is 0. The molecule has 3 heteroatoms. The van der Waals surface area contributed by atoms with E-state index in [1.165, 1.54) is 22.2 Å². The van der Waals surface area contributed by atoms with Crippen LogP contribution in [0.1, 0.15) is 24.6 Å². The lowest BCUT2D eigenvalue weighted by Gasteiger charge is -2.13. The number of nitrogens with zero attached hydrogens (tertiary/aromatic N) is 1. The number of H-pyrrole nitrogens is 1. The van der Waals surface area contributed by atoms with Gasteiger partial charge in [0.25, 0.3) is 0 Å². The Bertz CT molecular complexity index is 566. The Morgan fingerprint density at radius 3 is 3.06 bits per heavy atom. The zero-order valence-corrected chi connectivity index (χ0v) is 10.1. The minimum atomic E-state index is 0.938. The molecule has 2 N–H and O–H groups in total. The summed E-state index contributed by atoms with van der Waals surface area (Å²) in [6.45, 7) is 4.19. The van der Waals surface area contributed by atoms with Crippen LogP contribution < -0.4 is 5.32 Å². The molecule has 0 atom stereocenters. The van der Waals surface area contributed by atoms with Gasteiger partial charge in [0.15, 0.2) is 0 Å². The second-order valence-electron chi connectivity index (χ2n) is 4.46. The number of fused-ring (bicyclic) bond motifs is 1. The number of hydrogen-bond donors (Lipinski definition) is 2. The van der Waals surface area contributed by atoms with Gasteiger partial charge in [-0.25, -0.2) is 0 Å². The summed E-state index contributed by atoms with van der Waals surface area (Å²) in [5.74, 6) is 0. The molecule has 3 nitrogen and oxygen atoms in total. The summed E-state index contributed by atoms with van der Waals surface area (Å²) in [5.41, 5.74) is 4.96. The summed E-state index contributed by atoms with van der Waals surface area (Å²) in [7, 11) is 0. The van der Waals surface area contributed by atoms with Gasteiger partial charge in [0.05, 0.1) is 11.2 Å². The van der Waals surface area contributed by atoms with Gasteiger partial charge in [0, 0.05) is 11.9 Å². The fourth-order valence-corrected chi connectivity index (χ4v) is 2.46. The molecule has 1 aliphatic rings. The number of aromatic nitrogens is 2. The molecule has 0 unspecified atom stereocenters. The quantitative estimate of drug-likeness (QED) is 0.827. The van der Waals surface area contributed by atoms with E-state index >= 15 is 0 Å². The van der Waals surface area contributed by atoms with Crippen LogP contribution in [0.4, 0.5) is 0 Å². The van der Waals surface area contributed by atoms with Crippen molar-refractivity contribution in [1.29, 1.82) is 0 Å². The maximum atomic E-state index is 4.47. The van der Waals surface area contributed by atoms with Crippen LogP contribution >= 0.6 is 0 Å². The van der Waals surface area contributed by atoms with Gasteiger partial charge in [-0.3, -0.25) is 5.10 Å². The Morgan fingerprint density at radius 1 is 1.35 bits per heavy atom. The van der Waals surface area contributed by atoms with E-state index < -0.39 is 0 Å². The third-order valence-corrected chi connectivity index (χ3v) is 3.40. The molecule has 0 radical (unpaired) electrons. The van der Waals surface area contributed by atoms with E-state index in [4.69, 9.17) is 0 Å². The fourth-order valence-electron chi connectivity index (χ4n) is 2.46. The Balaban J connectivity index is 2.15. The number of benzene rings is 1. The minimum absolute atomic E-state index is 0.938. The van der Waals surface area contributed by atoms with Crippen molar-refractivity contribution < 1.29 is 0 Å². The first-order valence-electron chi connectivity index (χ1n) is 6.26. The zero-order chi connectivity index (χ0) is 11.7. The highest BCUT2D eigenvalue weighted by Crippen LogP contribution is 2.26. The van der Waals surface area contributed by atoms with Gasteiger partial charge >= 0.3 is 0 Å². The molecular formula is C14H17N3. The van der Waals surface area contributed by atoms with Crippen LogP contribution in [0.3, 0.4) is 0 Å². The lowest BCUT2D eigenvalue weighted by molar-refractivity contribution is 0.737. The van der Waals surface area contributed by atoms with E-state index in [0.717, 1.165) is 31.4 Å². The lowest BCUT2D eigenvalue weighted by Crippen LogP contribution is -2.21. The maximum absolute atomic E-state index is 4.47. The number of aryl methyl sites for hydroxylation is 1. The average molecular weight is 227 g/mol. The number of hydrogen-bond acceptors (Lipinski definition) is 2. The first-order chi connectivity index (χ1) is 8.40. The molecule has 3 rings (SSSR count). The Hall–Kier alpha value is -1.61. The van der Waals surface area contributed by atoms with Crippen molar-refractivity contribution in [2.24, 2.45) is 0 Å². The van der Waals surface area contributed by atoms with Crippen LogP contribution in [-0.2, 0) is 6.42 Å². The van der Waals surface area contributed by atoms with Crippen LogP contribution in [-0.4, -0.2) is 23.3 Å². The van der Waals surface area contributed by atoms with E-state index in [1.807, 2.05) is 0 Å². The topological polar surface area (TPSA) is 40.7 Å². The predicted octanol–water partition coefficient (Wildman–Crippen LogP) is 2.50. The first kappa shape index (κ1) is 10.5.